The lowest BCUT2D eigenvalue weighted by Crippen LogP contribution is -2.16. The standard InChI is InChI=1S/C45H29NO2/c47-38-25-34-27(21-22-33-41(26-11-2-1-3-12-26)28-13-4-5-14-29(28)42(33)34)30-23-24-37-44(45(30)38)31-15-6-8-17-35(31)46(37)36-18-10-20-40-43(36)32-16-7-9-19-39(32)48-40/h1-24,28-29,41H,25H2. The Hall–Kier alpha value is -5.93. The molecule has 3 nitrogen and oxygen atoms in total. The maximum absolute atomic E-state index is 14.7. The number of nitrogens with zero attached hydrogens (tertiary/aromatic N) is 1. The van der Waals surface area contributed by atoms with Gasteiger partial charge in [-0.25, -0.2) is 0 Å². The van der Waals surface area contributed by atoms with Gasteiger partial charge in [0.25, 0.3) is 0 Å². The maximum Gasteiger partial charge on any atom is 0.168 e. The number of para-hydroxylation sites is 2. The molecule has 2 heterocycles. The molecule has 0 aliphatic heterocycles. The topological polar surface area (TPSA) is 35.1 Å². The average Bonchev–Trinajstić information content (AvgIpc) is 3.80. The van der Waals surface area contributed by atoms with Crippen molar-refractivity contribution in [1.29, 1.82) is 0 Å². The van der Waals surface area contributed by atoms with Crippen molar-refractivity contribution in [2.24, 2.45) is 5.92 Å². The minimum absolute atomic E-state index is 0.196. The highest BCUT2D eigenvalue weighted by atomic mass is 16.3. The molecule has 0 amide bonds. The van der Waals surface area contributed by atoms with E-state index < -0.39 is 0 Å². The van der Waals surface area contributed by atoms with E-state index in [9.17, 15) is 4.79 Å². The van der Waals surface area contributed by atoms with Crippen LogP contribution in [0.15, 0.2) is 150 Å². The highest BCUT2D eigenvalue weighted by Gasteiger charge is 2.43. The predicted octanol–water partition coefficient (Wildman–Crippen LogP) is 11.1. The van der Waals surface area contributed by atoms with Gasteiger partial charge in [-0.15, -0.1) is 0 Å². The molecule has 6 aromatic carbocycles. The predicted molar refractivity (Wildman–Crippen MR) is 194 cm³/mol. The lowest BCUT2D eigenvalue weighted by molar-refractivity contribution is 0.0993. The first-order chi connectivity index (χ1) is 23.8. The van der Waals surface area contributed by atoms with E-state index in [0.29, 0.717) is 12.3 Å². The molecule has 3 aliphatic rings. The Bertz CT molecular complexity index is 2740. The van der Waals surface area contributed by atoms with Gasteiger partial charge in [-0.05, 0) is 69.6 Å². The van der Waals surface area contributed by atoms with Gasteiger partial charge in [0.2, 0.25) is 0 Å². The second kappa shape index (κ2) is 9.56. The lowest BCUT2D eigenvalue weighted by atomic mass is 9.77. The molecular formula is C45H29NO2. The van der Waals surface area contributed by atoms with E-state index in [0.717, 1.165) is 60.6 Å². The molecule has 0 fully saturated rings. The Balaban J connectivity index is 1.18. The summed E-state index contributed by atoms with van der Waals surface area (Å²) in [5.41, 5.74) is 13.2. The Morgan fingerprint density at radius 1 is 0.625 bits per heavy atom. The Morgan fingerprint density at radius 3 is 2.31 bits per heavy atom. The molecule has 3 unspecified atom stereocenters. The first-order valence-electron chi connectivity index (χ1n) is 16.8. The number of carbonyl (C=O) groups is 1. The number of carbonyl (C=O) groups excluding carboxylic acids is 1. The van der Waals surface area contributed by atoms with Crippen LogP contribution in [0.5, 0.6) is 0 Å². The number of rotatable bonds is 2. The summed E-state index contributed by atoms with van der Waals surface area (Å²) in [5, 5.41) is 4.30. The van der Waals surface area contributed by atoms with E-state index in [4.69, 9.17) is 4.42 Å². The third kappa shape index (κ3) is 3.35. The number of aromatic nitrogens is 1. The molecule has 0 saturated carbocycles. The third-order valence-electron chi connectivity index (χ3n) is 11.1. The summed E-state index contributed by atoms with van der Waals surface area (Å²) in [6.45, 7) is 0. The van der Waals surface area contributed by atoms with Crippen LogP contribution < -0.4 is 0 Å². The van der Waals surface area contributed by atoms with Gasteiger partial charge in [-0.2, -0.15) is 0 Å². The van der Waals surface area contributed by atoms with Crippen molar-refractivity contribution in [3.8, 4) is 16.8 Å². The molecule has 0 saturated heterocycles. The van der Waals surface area contributed by atoms with Crippen LogP contribution in [-0.4, -0.2) is 10.4 Å². The van der Waals surface area contributed by atoms with Crippen LogP contribution in [0.25, 0.3) is 60.6 Å². The Kier molecular flexibility index (Phi) is 5.21. The van der Waals surface area contributed by atoms with Crippen LogP contribution in [-0.2, 0) is 6.42 Å². The van der Waals surface area contributed by atoms with Gasteiger partial charge in [0, 0.05) is 40.0 Å². The number of benzene rings is 6. The number of furan rings is 1. The monoisotopic (exact) mass is 615 g/mol. The summed E-state index contributed by atoms with van der Waals surface area (Å²) >= 11 is 0. The van der Waals surface area contributed by atoms with Crippen LogP contribution in [0.2, 0.25) is 0 Å². The van der Waals surface area contributed by atoms with Crippen molar-refractivity contribution < 1.29 is 9.21 Å². The fourth-order valence-corrected chi connectivity index (χ4v) is 9.32. The van der Waals surface area contributed by atoms with Gasteiger partial charge < -0.3 is 8.98 Å². The van der Waals surface area contributed by atoms with Crippen LogP contribution >= 0.6 is 0 Å². The minimum Gasteiger partial charge on any atom is -0.456 e. The first kappa shape index (κ1) is 26.2. The number of hydrogen-bond acceptors (Lipinski definition) is 2. The summed E-state index contributed by atoms with van der Waals surface area (Å²) in [5.74, 6) is 1.07. The van der Waals surface area contributed by atoms with E-state index in [1.54, 1.807) is 0 Å². The van der Waals surface area contributed by atoms with Crippen molar-refractivity contribution in [3.05, 3.63) is 173 Å². The first-order valence-corrected chi connectivity index (χ1v) is 16.8. The molecule has 2 aromatic heterocycles. The van der Waals surface area contributed by atoms with E-state index in [1.165, 1.54) is 27.8 Å². The van der Waals surface area contributed by atoms with E-state index in [1.807, 2.05) is 18.2 Å². The van der Waals surface area contributed by atoms with E-state index in [-0.39, 0.29) is 17.6 Å². The molecule has 3 aliphatic carbocycles. The minimum atomic E-state index is 0.196. The van der Waals surface area contributed by atoms with Crippen molar-refractivity contribution in [2.75, 3.05) is 0 Å². The third-order valence-corrected chi connectivity index (χ3v) is 11.1. The van der Waals surface area contributed by atoms with Crippen molar-refractivity contribution >= 4 is 49.5 Å². The molecule has 11 rings (SSSR count). The number of fused-ring (bicyclic) bond motifs is 14. The summed E-state index contributed by atoms with van der Waals surface area (Å²) in [6.07, 6.45) is 9.50. The fraction of sp³-hybridized carbons (Fsp3) is 0.0889. The summed E-state index contributed by atoms with van der Waals surface area (Å²) in [4.78, 5) is 14.7. The number of Topliss-reactive ketones (excluding diaryl/α,β-unsaturated/α-hetero) is 1. The number of allylic oxidation sites excluding steroid dienone is 4. The summed E-state index contributed by atoms with van der Waals surface area (Å²) in [7, 11) is 0. The molecule has 226 valence electrons. The highest BCUT2D eigenvalue weighted by Crippen LogP contribution is 2.56. The molecule has 0 radical (unpaired) electrons. The number of ketones is 1. The zero-order valence-electron chi connectivity index (χ0n) is 26.1. The van der Waals surface area contributed by atoms with Gasteiger partial charge in [-0.3, -0.25) is 4.79 Å². The summed E-state index contributed by atoms with van der Waals surface area (Å²) < 4.78 is 8.62. The van der Waals surface area contributed by atoms with Crippen LogP contribution in [0, 0.1) is 5.92 Å². The number of hydrogen-bond donors (Lipinski definition) is 0. The Morgan fingerprint density at radius 2 is 1.40 bits per heavy atom. The lowest BCUT2D eigenvalue weighted by Gasteiger charge is -2.25. The second-order valence-corrected chi connectivity index (χ2v) is 13.4. The molecule has 3 heteroatoms. The molecular weight excluding hydrogens is 587 g/mol. The molecule has 8 aromatic rings. The van der Waals surface area contributed by atoms with Crippen LogP contribution in [0.4, 0.5) is 0 Å². The largest absolute Gasteiger partial charge is 0.456 e. The molecule has 48 heavy (non-hydrogen) atoms. The van der Waals surface area contributed by atoms with Crippen molar-refractivity contribution in [3.63, 3.8) is 0 Å². The molecule has 0 N–H and O–H groups in total. The van der Waals surface area contributed by atoms with Crippen molar-refractivity contribution in [2.45, 2.75) is 18.3 Å². The smallest absolute Gasteiger partial charge is 0.168 e. The molecule has 3 atom stereocenters. The van der Waals surface area contributed by atoms with E-state index in [2.05, 4.69) is 132 Å². The second-order valence-electron chi connectivity index (χ2n) is 13.4. The molecule has 0 spiro atoms. The molecule has 0 bridgehead atoms. The van der Waals surface area contributed by atoms with Gasteiger partial charge in [0.1, 0.15) is 11.2 Å². The maximum atomic E-state index is 14.7. The van der Waals surface area contributed by atoms with Crippen LogP contribution in [0.1, 0.15) is 44.4 Å². The van der Waals surface area contributed by atoms with Crippen LogP contribution in [0.3, 0.4) is 0 Å². The SMILES string of the molecule is O=C1Cc2c(ccc3c2C2C=CC=CC2C3c2ccccc2)-c2ccc3c(c21)c1ccccc1n3-c1cccc2oc3ccccc3c12. The van der Waals surface area contributed by atoms with Crippen molar-refractivity contribution in [1.82, 2.24) is 4.57 Å². The average molecular weight is 616 g/mol. The van der Waals surface area contributed by atoms with Gasteiger partial charge in [0.05, 0.1) is 22.1 Å². The van der Waals surface area contributed by atoms with Gasteiger partial charge >= 0.3 is 0 Å². The summed E-state index contributed by atoms with van der Waals surface area (Å²) in [6, 6.07) is 42.9. The highest BCUT2D eigenvalue weighted by molar-refractivity contribution is 6.25. The zero-order valence-corrected chi connectivity index (χ0v) is 26.1. The normalized spacial score (nSPS) is 19.2. The van der Waals surface area contributed by atoms with Gasteiger partial charge in [-0.1, -0.05) is 115 Å². The van der Waals surface area contributed by atoms with E-state index >= 15 is 0 Å². The Labute approximate surface area is 277 Å². The van der Waals surface area contributed by atoms with Gasteiger partial charge in [0.15, 0.2) is 5.78 Å². The fourth-order valence-electron chi connectivity index (χ4n) is 9.32. The quantitative estimate of drug-likeness (QED) is 0.194. The zero-order chi connectivity index (χ0) is 31.5.